The number of hydrogen-bond acceptors (Lipinski definition) is 3. The van der Waals surface area contributed by atoms with Gasteiger partial charge >= 0.3 is 0 Å². The SMILES string of the molecule is O=C(CCn1ccccc1=O)Nc1cccc(NC2CCCC2)c1. The highest BCUT2D eigenvalue weighted by Crippen LogP contribution is 2.23. The first-order valence-electron chi connectivity index (χ1n) is 8.53. The molecule has 1 aromatic carbocycles. The number of nitrogens with zero attached hydrogens (tertiary/aromatic N) is 1. The Morgan fingerprint density at radius 2 is 1.88 bits per heavy atom. The van der Waals surface area contributed by atoms with E-state index < -0.39 is 0 Å². The number of aromatic nitrogens is 1. The predicted molar refractivity (Wildman–Crippen MR) is 96.3 cm³/mol. The van der Waals surface area contributed by atoms with Crippen molar-refractivity contribution in [2.45, 2.75) is 44.7 Å². The zero-order valence-electron chi connectivity index (χ0n) is 13.7. The van der Waals surface area contributed by atoms with Gasteiger partial charge in [-0.15, -0.1) is 0 Å². The monoisotopic (exact) mass is 325 g/mol. The van der Waals surface area contributed by atoms with Crippen LogP contribution in [0.4, 0.5) is 11.4 Å². The van der Waals surface area contributed by atoms with Gasteiger partial charge in [0, 0.05) is 42.6 Å². The van der Waals surface area contributed by atoms with Crippen LogP contribution < -0.4 is 16.2 Å². The fourth-order valence-electron chi connectivity index (χ4n) is 3.08. The highest BCUT2D eigenvalue weighted by atomic mass is 16.1. The zero-order valence-corrected chi connectivity index (χ0v) is 13.7. The van der Waals surface area contributed by atoms with Crippen molar-refractivity contribution < 1.29 is 4.79 Å². The Kier molecular flexibility index (Phi) is 5.31. The van der Waals surface area contributed by atoms with E-state index in [4.69, 9.17) is 0 Å². The molecule has 1 aliphatic carbocycles. The Bertz CT molecular complexity index is 748. The van der Waals surface area contributed by atoms with Gasteiger partial charge in [-0.1, -0.05) is 25.0 Å². The summed E-state index contributed by atoms with van der Waals surface area (Å²) in [6.07, 6.45) is 6.96. The number of aryl methyl sites for hydroxylation is 1. The van der Waals surface area contributed by atoms with Crippen LogP contribution >= 0.6 is 0 Å². The van der Waals surface area contributed by atoms with Gasteiger partial charge in [0.05, 0.1) is 0 Å². The smallest absolute Gasteiger partial charge is 0.250 e. The lowest BCUT2D eigenvalue weighted by atomic mass is 10.2. The summed E-state index contributed by atoms with van der Waals surface area (Å²) in [5.41, 5.74) is 1.73. The van der Waals surface area contributed by atoms with Crippen LogP contribution in [-0.4, -0.2) is 16.5 Å². The molecular weight excluding hydrogens is 302 g/mol. The van der Waals surface area contributed by atoms with Crippen LogP contribution in [0.25, 0.3) is 0 Å². The maximum atomic E-state index is 12.1. The van der Waals surface area contributed by atoms with Crippen LogP contribution in [0.15, 0.2) is 53.5 Å². The number of hydrogen-bond donors (Lipinski definition) is 2. The zero-order chi connectivity index (χ0) is 16.8. The molecule has 1 fully saturated rings. The van der Waals surface area contributed by atoms with Crippen molar-refractivity contribution in [2.75, 3.05) is 10.6 Å². The molecule has 1 aromatic heterocycles. The number of nitrogens with one attached hydrogen (secondary N) is 2. The molecule has 3 rings (SSSR count). The fourth-order valence-corrected chi connectivity index (χ4v) is 3.08. The molecular formula is C19H23N3O2. The molecule has 1 amide bonds. The quantitative estimate of drug-likeness (QED) is 0.857. The number of anilines is 2. The predicted octanol–water partition coefficient (Wildman–Crippen LogP) is 3.23. The van der Waals surface area contributed by atoms with Gasteiger partial charge in [-0.05, 0) is 37.1 Å². The van der Waals surface area contributed by atoms with E-state index in [1.54, 1.807) is 18.3 Å². The molecule has 2 N–H and O–H groups in total. The Labute approximate surface area is 141 Å². The lowest BCUT2D eigenvalue weighted by Gasteiger charge is -2.14. The van der Waals surface area contributed by atoms with Crippen molar-refractivity contribution in [1.82, 2.24) is 4.57 Å². The second kappa shape index (κ2) is 7.81. The minimum absolute atomic E-state index is 0.0898. The van der Waals surface area contributed by atoms with E-state index >= 15 is 0 Å². The molecule has 1 heterocycles. The Morgan fingerprint density at radius 1 is 1.08 bits per heavy atom. The van der Waals surface area contributed by atoms with Crippen LogP contribution in [0.2, 0.25) is 0 Å². The first kappa shape index (κ1) is 16.3. The van der Waals surface area contributed by atoms with Gasteiger partial charge in [0.1, 0.15) is 0 Å². The van der Waals surface area contributed by atoms with Crippen molar-refractivity contribution in [2.24, 2.45) is 0 Å². The fraction of sp³-hybridized carbons (Fsp3) is 0.368. The summed E-state index contributed by atoms with van der Waals surface area (Å²) in [6.45, 7) is 0.380. The standard InChI is InChI=1S/C19H23N3O2/c23-18(11-13-22-12-4-3-10-19(22)24)21-17-9-5-8-16(14-17)20-15-6-1-2-7-15/h3-5,8-10,12,14-15,20H,1-2,6-7,11,13H2,(H,21,23). The largest absolute Gasteiger partial charge is 0.382 e. The van der Waals surface area contributed by atoms with E-state index in [2.05, 4.69) is 10.6 Å². The van der Waals surface area contributed by atoms with Gasteiger partial charge < -0.3 is 15.2 Å². The summed E-state index contributed by atoms with van der Waals surface area (Å²) in [7, 11) is 0. The third-order valence-corrected chi connectivity index (χ3v) is 4.35. The van der Waals surface area contributed by atoms with E-state index in [0.29, 0.717) is 12.6 Å². The van der Waals surface area contributed by atoms with Crippen molar-refractivity contribution >= 4 is 17.3 Å². The van der Waals surface area contributed by atoms with Crippen LogP contribution in [-0.2, 0) is 11.3 Å². The molecule has 0 radical (unpaired) electrons. The molecule has 0 unspecified atom stereocenters. The van der Waals surface area contributed by atoms with Crippen molar-refractivity contribution in [3.63, 3.8) is 0 Å². The van der Waals surface area contributed by atoms with Gasteiger partial charge in [0.15, 0.2) is 0 Å². The molecule has 5 heteroatoms. The van der Waals surface area contributed by atoms with Crippen LogP contribution in [0, 0.1) is 0 Å². The first-order chi connectivity index (χ1) is 11.7. The number of carbonyl (C=O) groups is 1. The second-order valence-electron chi connectivity index (χ2n) is 6.24. The van der Waals surface area contributed by atoms with Gasteiger partial charge in [-0.2, -0.15) is 0 Å². The summed E-state index contributed by atoms with van der Waals surface area (Å²) in [6, 6.07) is 13.3. The molecule has 0 atom stereocenters. The van der Waals surface area contributed by atoms with Crippen molar-refractivity contribution in [3.05, 3.63) is 59.0 Å². The Morgan fingerprint density at radius 3 is 2.67 bits per heavy atom. The highest BCUT2D eigenvalue weighted by Gasteiger charge is 2.14. The molecule has 0 aliphatic heterocycles. The molecule has 1 saturated carbocycles. The molecule has 0 spiro atoms. The van der Waals surface area contributed by atoms with Gasteiger partial charge in [0.25, 0.3) is 5.56 Å². The van der Waals surface area contributed by atoms with Crippen LogP contribution in [0.3, 0.4) is 0 Å². The van der Waals surface area contributed by atoms with Crippen LogP contribution in [0.5, 0.6) is 0 Å². The third-order valence-electron chi connectivity index (χ3n) is 4.35. The van der Waals surface area contributed by atoms with E-state index in [1.165, 1.54) is 36.3 Å². The first-order valence-corrected chi connectivity index (χ1v) is 8.53. The van der Waals surface area contributed by atoms with Crippen LogP contribution in [0.1, 0.15) is 32.1 Å². The van der Waals surface area contributed by atoms with E-state index in [0.717, 1.165) is 11.4 Å². The lowest BCUT2D eigenvalue weighted by Crippen LogP contribution is -2.21. The molecule has 2 aromatic rings. The minimum atomic E-state index is -0.0937. The third kappa shape index (κ3) is 4.47. The van der Waals surface area contributed by atoms with E-state index in [9.17, 15) is 9.59 Å². The van der Waals surface area contributed by atoms with E-state index in [-0.39, 0.29) is 17.9 Å². The molecule has 24 heavy (non-hydrogen) atoms. The average molecular weight is 325 g/mol. The normalized spacial score (nSPS) is 14.5. The molecule has 5 nitrogen and oxygen atoms in total. The summed E-state index contributed by atoms with van der Waals surface area (Å²) in [4.78, 5) is 23.7. The number of amides is 1. The molecule has 0 bridgehead atoms. The topological polar surface area (TPSA) is 63.1 Å². The molecule has 126 valence electrons. The number of pyridine rings is 1. The Balaban J connectivity index is 1.54. The van der Waals surface area contributed by atoms with Crippen molar-refractivity contribution in [1.29, 1.82) is 0 Å². The maximum Gasteiger partial charge on any atom is 0.250 e. The Hall–Kier alpha value is -2.56. The van der Waals surface area contributed by atoms with Gasteiger partial charge in [0.2, 0.25) is 5.91 Å². The summed E-state index contributed by atoms with van der Waals surface area (Å²) in [5.74, 6) is -0.0937. The molecule has 0 saturated heterocycles. The maximum absolute atomic E-state index is 12.1. The van der Waals surface area contributed by atoms with Crippen molar-refractivity contribution in [3.8, 4) is 0 Å². The van der Waals surface area contributed by atoms with E-state index in [1.807, 2.05) is 24.3 Å². The summed E-state index contributed by atoms with van der Waals surface area (Å²) in [5, 5.41) is 6.43. The number of rotatable bonds is 6. The minimum Gasteiger partial charge on any atom is -0.382 e. The average Bonchev–Trinajstić information content (AvgIpc) is 3.07. The summed E-state index contributed by atoms with van der Waals surface area (Å²) < 4.78 is 1.54. The second-order valence-corrected chi connectivity index (χ2v) is 6.24. The lowest BCUT2D eigenvalue weighted by molar-refractivity contribution is -0.116. The number of benzene rings is 1. The number of carbonyl (C=O) groups excluding carboxylic acids is 1. The highest BCUT2D eigenvalue weighted by molar-refractivity contribution is 5.91. The summed E-state index contributed by atoms with van der Waals surface area (Å²) >= 11 is 0. The van der Waals surface area contributed by atoms with Gasteiger partial charge in [-0.3, -0.25) is 9.59 Å². The molecule has 1 aliphatic rings. The van der Waals surface area contributed by atoms with Gasteiger partial charge in [-0.25, -0.2) is 0 Å².